The number of aliphatic hydroxyl groups excluding tert-OH is 3. The number of rotatable bonds is 18. The Labute approximate surface area is 279 Å². The zero-order valence-corrected chi connectivity index (χ0v) is 28.2. The molecule has 9 atom stereocenters. The Morgan fingerprint density at radius 3 is 0.979 bits per heavy atom. The third-order valence-corrected chi connectivity index (χ3v) is 9.92. The molecule has 3 heterocycles. The van der Waals surface area contributed by atoms with Crippen LogP contribution in [0.15, 0.2) is 72.8 Å². The molecule has 3 saturated heterocycles. The van der Waals surface area contributed by atoms with Crippen LogP contribution in [0.1, 0.15) is 44.4 Å². The van der Waals surface area contributed by atoms with Crippen LogP contribution in [0.4, 0.5) is 0 Å². The van der Waals surface area contributed by atoms with Crippen LogP contribution in [-0.4, -0.2) is 126 Å². The molecule has 3 fully saturated rings. The van der Waals surface area contributed by atoms with Crippen molar-refractivity contribution in [3.05, 3.63) is 89.5 Å². The summed E-state index contributed by atoms with van der Waals surface area (Å²) in [7, 11) is 0. The Kier molecular flexibility index (Phi) is 10.4. The molecule has 0 aliphatic carbocycles. The van der Waals surface area contributed by atoms with Gasteiger partial charge in [0.25, 0.3) is 0 Å². The first kappa shape index (κ1) is 33.7. The smallest absolute Gasteiger partial charge is 0.119 e. The van der Waals surface area contributed by atoms with Gasteiger partial charge in [-0.2, -0.15) is 0 Å². The average Bonchev–Trinajstić information content (AvgIpc) is 4.04. The van der Waals surface area contributed by atoms with Gasteiger partial charge in [-0.15, -0.1) is 0 Å². The van der Waals surface area contributed by atoms with E-state index in [2.05, 4.69) is 78.8 Å². The molecule has 3 aromatic carbocycles. The molecule has 9 nitrogen and oxygen atoms in total. The molecule has 9 heteroatoms. The minimum atomic E-state index is -0.530. The van der Waals surface area contributed by atoms with E-state index in [0.717, 1.165) is 36.3 Å². The second kappa shape index (κ2) is 14.5. The maximum atomic E-state index is 10.4. The Bertz CT molecular complexity index is 1260. The van der Waals surface area contributed by atoms with Crippen LogP contribution in [0.3, 0.4) is 0 Å². The van der Waals surface area contributed by atoms with Crippen molar-refractivity contribution in [2.24, 2.45) is 0 Å². The molecule has 3 aromatic rings. The maximum Gasteiger partial charge on any atom is 0.119 e. The van der Waals surface area contributed by atoms with Gasteiger partial charge in [0.05, 0.1) is 0 Å². The Balaban J connectivity index is 1.15. The lowest BCUT2D eigenvalue weighted by molar-refractivity contribution is 0.0924. The number of β-amino-alcohol motifs (C(OH)–C–C–N with tert-alkyl or cyclic N) is 3. The quantitative estimate of drug-likeness (QED) is 0.142. The van der Waals surface area contributed by atoms with E-state index in [-0.39, 0.29) is 19.8 Å². The summed E-state index contributed by atoms with van der Waals surface area (Å²) < 4.78 is 17.8. The normalized spacial score (nSPS) is 27.6. The average molecular weight is 646 g/mol. The maximum absolute atomic E-state index is 10.4. The van der Waals surface area contributed by atoms with E-state index >= 15 is 0 Å². The molecule has 0 saturated carbocycles. The van der Waals surface area contributed by atoms with Gasteiger partial charge in [-0.05, 0) is 80.8 Å². The number of ether oxygens (including phenoxy) is 3. The van der Waals surface area contributed by atoms with Crippen molar-refractivity contribution in [3.63, 3.8) is 0 Å². The fourth-order valence-electron chi connectivity index (χ4n) is 6.34. The lowest BCUT2D eigenvalue weighted by Crippen LogP contribution is -2.27. The summed E-state index contributed by atoms with van der Waals surface area (Å²) in [6.45, 7) is 14.4. The standard InChI is InChI=1S/C38H51N3O6/c1-26-17-39(26)20-32(42)23-45-35-11-5-29(6-12-35)38(4,30-7-13-36(14-8-30)46-24-33(43)21-40-18-27(40)2)31-9-15-37(16-10-31)47-25-34(44)22-41-19-28(41)3/h5-16,26-28,32-34,42-44H,17-25H2,1-4H3. The summed E-state index contributed by atoms with van der Waals surface area (Å²) in [5.74, 6) is 2.15. The highest BCUT2D eigenvalue weighted by atomic mass is 16.5. The van der Waals surface area contributed by atoms with Gasteiger partial charge in [-0.1, -0.05) is 36.4 Å². The SMILES string of the molecule is CC1CN1CC(O)COc1ccc(C(C)(c2ccc(OCC(O)CN3CC3C)cc2)c2ccc(OCC(O)CN3CC3C)cc2)cc1. The number of hydrogen-bond acceptors (Lipinski definition) is 9. The second-order valence-electron chi connectivity index (χ2n) is 14.0. The summed E-state index contributed by atoms with van der Waals surface area (Å²) in [5, 5.41) is 31.2. The number of benzene rings is 3. The third-order valence-electron chi connectivity index (χ3n) is 9.92. The summed E-state index contributed by atoms with van der Waals surface area (Å²) in [6.07, 6.45) is -1.59. The van der Waals surface area contributed by atoms with Crippen LogP contribution in [0.5, 0.6) is 17.2 Å². The van der Waals surface area contributed by atoms with Crippen LogP contribution in [0, 0.1) is 0 Å². The molecule has 9 unspecified atom stereocenters. The molecule has 3 aliphatic heterocycles. The number of nitrogens with zero attached hydrogens (tertiary/aromatic N) is 3. The summed E-state index contributed by atoms with van der Waals surface area (Å²) >= 11 is 0. The van der Waals surface area contributed by atoms with Crippen LogP contribution in [0.25, 0.3) is 0 Å². The van der Waals surface area contributed by atoms with E-state index in [1.54, 1.807) is 0 Å². The van der Waals surface area contributed by atoms with Gasteiger partial charge in [0, 0.05) is 62.8 Å². The zero-order chi connectivity index (χ0) is 33.1. The molecule has 3 aliphatic rings. The van der Waals surface area contributed by atoms with Crippen molar-refractivity contribution in [1.82, 2.24) is 14.7 Å². The van der Waals surface area contributed by atoms with E-state index in [1.165, 1.54) is 0 Å². The number of aliphatic hydroxyl groups is 3. The summed E-state index contributed by atoms with van der Waals surface area (Å²) in [4.78, 5) is 6.66. The Morgan fingerprint density at radius 2 is 0.766 bits per heavy atom. The molecule has 0 bridgehead atoms. The van der Waals surface area contributed by atoms with Crippen molar-refractivity contribution in [3.8, 4) is 17.2 Å². The molecule has 6 rings (SSSR count). The third kappa shape index (κ3) is 8.84. The van der Waals surface area contributed by atoms with Crippen LogP contribution < -0.4 is 14.2 Å². The van der Waals surface area contributed by atoms with Gasteiger partial charge in [-0.3, -0.25) is 14.7 Å². The van der Waals surface area contributed by atoms with Crippen molar-refractivity contribution < 1.29 is 29.5 Å². The first-order chi connectivity index (χ1) is 22.6. The van der Waals surface area contributed by atoms with Crippen molar-refractivity contribution in [1.29, 1.82) is 0 Å². The first-order valence-corrected chi connectivity index (χ1v) is 17.0. The highest BCUT2D eigenvalue weighted by Crippen LogP contribution is 2.40. The molecule has 3 N–H and O–H groups in total. The highest BCUT2D eigenvalue weighted by molar-refractivity contribution is 5.52. The van der Waals surface area contributed by atoms with Gasteiger partial charge >= 0.3 is 0 Å². The van der Waals surface area contributed by atoms with Gasteiger partial charge < -0.3 is 29.5 Å². The molecule has 0 spiro atoms. The minimum Gasteiger partial charge on any atom is -0.491 e. The molecular weight excluding hydrogens is 594 g/mol. The lowest BCUT2D eigenvalue weighted by Gasteiger charge is -2.32. The van der Waals surface area contributed by atoms with E-state index in [1.807, 2.05) is 36.4 Å². The zero-order valence-electron chi connectivity index (χ0n) is 28.2. The van der Waals surface area contributed by atoms with Crippen LogP contribution in [-0.2, 0) is 5.41 Å². The Hall–Kier alpha value is -3.18. The van der Waals surface area contributed by atoms with E-state index in [9.17, 15) is 15.3 Å². The number of hydrogen-bond donors (Lipinski definition) is 3. The highest BCUT2D eigenvalue weighted by Gasteiger charge is 2.34. The van der Waals surface area contributed by atoms with Crippen molar-refractivity contribution >= 4 is 0 Å². The van der Waals surface area contributed by atoms with Gasteiger partial charge in [-0.25, -0.2) is 0 Å². The van der Waals surface area contributed by atoms with Gasteiger partial charge in [0.15, 0.2) is 0 Å². The molecule has 254 valence electrons. The molecule has 47 heavy (non-hydrogen) atoms. The van der Waals surface area contributed by atoms with Crippen molar-refractivity contribution in [2.45, 2.75) is 69.5 Å². The van der Waals surface area contributed by atoms with E-state index in [0.29, 0.717) is 55.0 Å². The predicted molar refractivity (Wildman–Crippen MR) is 182 cm³/mol. The second-order valence-corrected chi connectivity index (χ2v) is 14.0. The Morgan fingerprint density at radius 1 is 0.532 bits per heavy atom. The first-order valence-electron chi connectivity index (χ1n) is 17.0. The molecular formula is C38H51N3O6. The van der Waals surface area contributed by atoms with Gasteiger partial charge in [0.1, 0.15) is 55.4 Å². The van der Waals surface area contributed by atoms with E-state index < -0.39 is 23.7 Å². The summed E-state index contributed by atoms with van der Waals surface area (Å²) in [6, 6.07) is 25.9. The van der Waals surface area contributed by atoms with E-state index in [4.69, 9.17) is 14.2 Å². The lowest BCUT2D eigenvalue weighted by atomic mass is 9.71. The summed E-state index contributed by atoms with van der Waals surface area (Å²) in [5.41, 5.74) is 2.72. The van der Waals surface area contributed by atoms with Gasteiger partial charge in [0.2, 0.25) is 0 Å². The monoisotopic (exact) mass is 645 g/mol. The largest absolute Gasteiger partial charge is 0.491 e. The fraction of sp³-hybridized carbons (Fsp3) is 0.526. The van der Waals surface area contributed by atoms with Crippen LogP contribution >= 0.6 is 0 Å². The molecule has 0 radical (unpaired) electrons. The van der Waals surface area contributed by atoms with Crippen molar-refractivity contribution in [2.75, 3.05) is 59.1 Å². The minimum absolute atomic E-state index is 0.250. The van der Waals surface area contributed by atoms with Crippen LogP contribution in [0.2, 0.25) is 0 Å². The predicted octanol–water partition coefficient (Wildman–Crippen LogP) is 3.37. The molecule has 0 aromatic heterocycles. The molecule has 0 amide bonds. The fourth-order valence-corrected chi connectivity index (χ4v) is 6.34. The topological polar surface area (TPSA) is 97.4 Å².